The monoisotopic (exact) mass is 656 g/mol. The zero-order chi connectivity index (χ0) is 31.3. The van der Waals surface area contributed by atoms with Crippen LogP contribution in [0.5, 0.6) is 5.75 Å². The average molecular weight is 657 g/mol. The number of hydrogen-bond donors (Lipinski definition) is 0. The summed E-state index contributed by atoms with van der Waals surface area (Å²) in [5.41, 5.74) is 8.10. The van der Waals surface area contributed by atoms with E-state index in [1.165, 1.54) is 39.7 Å². The van der Waals surface area contributed by atoms with Crippen molar-refractivity contribution < 1.29 is 14.3 Å². The number of rotatable bonds is 12. The van der Waals surface area contributed by atoms with Gasteiger partial charge in [-0.2, -0.15) is 11.8 Å². The maximum atomic E-state index is 12.3. The molecule has 0 radical (unpaired) electrons. The fourth-order valence-corrected chi connectivity index (χ4v) is 8.68. The third kappa shape index (κ3) is 7.06. The summed E-state index contributed by atoms with van der Waals surface area (Å²) in [6.45, 7) is 5.48. The molecule has 0 amide bonds. The number of thioether (sulfide) groups is 2. The van der Waals surface area contributed by atoms with Gasteiger partial charge in [0.15, 0.2) is 0 Å². The molecule has 0 saturated heterocycles. The van der Waals surface area contributed by atoms with E-state index in [9.17, 15) is 4.79 Å². The summed E-state index contributed by atoms with van der Waals surface area (Å²) in [6, 6.07) is 26.9. The van der Waals surface area contributed by atoms with Crippen molar-refractivity contribution in [2.24, 2.45) is 5.92 Å². The summed E-state index contributed by atoms with van der Waals surface area (Å²) >= 11 is 9.97. The van der Waals surface area contributed by atoms with Gasteiger partial charge in [0.2, 0.25) is 0 Å². The van der Waals surface area contributed by atoms with Gasteiger partial charge in [-0.15, -0.1) is 11.8 Å². The number of benzene rings is 3. The molecule has 0 fully saturated rings. The Labute approximate surface area is 278 Å². The molecule has 0 saturated carbocycles. The highest BCUT2D eigenvalue weighted by atomic mass is 35.5. The molecule has 8 heteroatoms. The Kier molecular flexibility index (Phi) is 10.1. The molecule has 2 aromatic heterocycles. The van der Waals surface area contributed by atoms with E-state index in [1.54, 1.807) is 11.8 Å². The van der Waals surface area contributed by atoms with Gasteiger partial charge in [0.25, 0.3) is 0 Å². The van der Waals surface area contributed by atoms with Gasteiger partial charge in [0.1, 0.15) is 12.4 Å². The fraction of sp³-hybridized carbons (Fsp3) is 0.297. The third-order valence-electron chi connectivity index (χ3n) is 8.31. The van der Waals surface area contributed by atoms with Crippen LogP contribution in [0.4, 0.5) is 0 Å². The van der Waals surface area contributed by atoms with Crippen LogP contribution in [0.15, 0.2) is 90.0 Å². The lowest BCUT2D eigenvalue weighted by Gasteiger charge is -2.22. The highest BCUT2D eigenvalue weighted by molar-refractivity contribution is 8.00. The number of aromatic nitrogens is 2. The molecule has 45 heavy (non-hydrogen) atoms. The van der Waals surface area contributed by atoms with Crippen molar-refractivity contribution in [1.82, 2.24) is 9.55 Å². The highest BCUT2D eigenvalue weighted by Gasteiger charge is 2.29. The molecule has 3 aromatic carbocycles. The molecule has 0 aliphatic carbocycles. The molecule has 1 aliphatic rings. The molecule has 5 nitrogen and oxygen atoms in total. The number of methoxy groups -OCH3 is 1. The van der Waals surface area contributed by atoms with Gasteiger partial charge in [-0.3, -0.25) is 9.78 Å². The lowest BCUT2D eigenvalue weighted by Crippen LogP contribution is -2.18. The number of nitrogens with zero attached hydrogens (tertiary/aromatic N) is 2. The maximum absolute atomic E-state index is 12.3. The van der Waals surface area contributed by atoms with E-state index in [2.05, 4.69) is 54.0 Å². The van der Waals surface area contributed by atoms with Crippen molar-refractivity contribution >= 4 is 52.0 Å². The molecule has 2 atom stereocenters. The number of halogens is 1. The van der Waals surface area contributed by atoms with Crippen LogP contribution in [0.25, 0.3) is 22.0 Å². The minimum absolute atomic E-state index is 0.108. The lowest BCUT2D eigenvalue weighted by atomic mass is 10.0. The lowest BCUT2D eigenvalue weighted by molar-refractivity contribution is -0.144. The molecule has 1 aliphatic heterocycles. The summed E-state index contributed by atoms with van der Waals surface area (Å²) in [4.78, 5) is 18.3. The maximum Gasteiger partial charge on any atom is 0.309 e. The molecule has 6 rings (SSSR count). The third-order valence-corrected chi connectivity index (χ3v) is 10.9. The van der Waals surface area contributed by atoms with Crippen LogP contribution in [0.3, 0.4) is 0 Å². The van der Waals surface area contributed by atoms with Crippen molar-refractivity contribution in [2.75, 3.05) is 12.9 Å². The Bertz CT molecular complexity index is 1770. The first-order chi connectivity index (χ1) is 21.9. The molecular weight excluding hydrogens is 620 g/mol. The number of carbonyl (C=O) groups is 1. The Morgan fingerprint density at radius 1 is 1.07 bits per heavy atom. The second-order valence-electron chi connectivity index (χ2n) is 11.4. The summed E-state index contributed by atoms with van der Waals surface area (Å²) in [6.07, 6.45) is 3.62. The minimum Gasteiger partial charge on any atom is -0.487 e. The topological polar surface area (TPSA) is 53.4 Å². The van der Waals surface area contributed by atoms with Crippen LogP contribution in [0.1, 0.15) is 42.8 Å². The van der Waals surface area contributed by atoms with Crippen molar-refractivity contribution in [3.05, 3.63) is 113 Å². The quantitative estimate of drug-likeness (QED) is 0.125. The van der Waals surface area contributed by atoms with E-state index in [1.807, 2.05) is 61.3 Å². The number of esters is 1. The molecule has 5 aromatic rings. The number of ether oxygens (including phenoxy) is 2. The number of hydrogen-bond acceptors (Lipinski definition) is 6. The Hall–Kier alpha value is -3.39. The van der Waals surface area contributed by atoms with E-state index in [0.29, 0.717) is 11.9 Å². The van der Waals surface area contributed by atoms with Gasteiger partial charge >= 0.3 is 5.97 Å². The molecule has 3 heterocycles. The molecule has 1 unspecified atom stereocenters. The second kappa shape index (κ2) is 14.4. The SMILES string of the molecule is CC[C@H](CSCc1c2c3c(c(OCc4ccc(-c5ccccc5)cn4)ccc3n1Cc1ccc(Cl)cc1)CC(C)S2)C(=O)OC. The molecule has 232 valence electrons. The first-order valence-electron chi connectivity index (χ1n) is 15.3. The summed E-state index contributed by atoms with van der Waals surface area (Å²) in [7, 11) is 1.47. The van der Waals surface area contributed by atoms with Gasteiger partial charge in [0.05, 0.1) is 24.2 Å². The Balaban J connectivity index is 1.31. The fourth-order valence-electron chi connectivity index (χ4n) is 5.88. The van der Waals surface area contributed by atoms with Gasteiger partial charge in [-0.05, 0) is 54.3 Å². The Morgan fingerprint density at radius 3 is 2.58 bits per heavy atom. The summed E-state index contributed by atoms with van der Waals surface area (Å²) in [5.74, 6) is 2.21. The zero-order valence-corrected chi connectivity index (χ0v) is 28.2. The van der Waals surface area contributed by atoms with Crippen LogP contribution in [-0.4, -0.2) is 33.6 Å². The van der Waals surface area contributed by atoms with Crippen LogP contribution in [0.2, 0.25) is 5.02 Å². The smallest absolute Gasteiger partial charge is 0.309 e. The van der Waals surface area contributed by atoms with E-state index >= 15 is 0 Å². The Morgan fingerprint density at radius 2 is 1.87 bits per heavy atom. The number of carbonyl (C=O) groups excluding carboxylic acids is 1. The molecule has 0 N–H and O–H groups in total. The van der Waals surface area contributed by atoms with Crippen molar-refractivity contribution in [1.29, 1.82) is 0 Å². The highest BCUT2D eigenvalue weighted by Crippen LogP contribution is 2.48. The van der Waals surface area contributed by atoms with Crippen LogP contribution in [0, 0.1) is 5.92 Å². The van der Waals surface area contributed by atoms with E-state index in [4.69, 9.17) is 26.1 Å². The van der Waals surface area contributed by atoms with Crippen molar-refractivity contribution in [3.8, 4) is 16.9 Å². The van der Waals surface area contributed by atoms with Gasteiger partial charge in [-0.1, -0.05) is 74.0 Å². The van der Waals surface area contributed by atoms with E-state index in [0.717, 1.165) is 58.5 Å². The van der Waals surface area contributed by atoms with Gasteiger partial charge < -0.3 is 14.0 Å². The average Bonchev–Trinajstić information content (AvgIpc) is 3.36. The van der Waals surface area contributed by atoms with E-state index in [-0.39, 0.29) is 11.9 Å². The largest absolute Gasteiger partial charge is 0.487 e. The van der Waals surface area contributed by atoms with Crippen LogP contribution >= 0.6 is 35.1 Å². The second-order valence-corrected chi connectivity index (χ2v) is 14.3. The first kappa shape index (κ1) is 31.6. The first-order valence-corrected chi connectivity index (χ1v) is 17.7. The summed E-state index contributed by atoms with van der Waals surface area (Å²) < 4.78 is 14.0. The van der Waals surface area contributed by atoms with Crippen molar-refractivity contribution in [3.63, 3.8) is 0 Å². The van der Waals surface area contributed by atoms with Gasteiger partial charge in [-0.25, -0.2) is 0 Å². The molecule has 0 bridgehead atoms. The summed E-state index contributed by atoms with van der Waals surface area (Å²) in [5, 5.41) is 2.42. The predicted octanol–water partition coefficient (Wildman–Crippen LogP) is 9.45. The zero-order valence-electron chi connectivity index (χ0n) is 25.8. The normalized spacial score (nSPS) is 14.8. The predicted molar refractivity (Wildman–Crippen MR) is 187 cm³/mol. The number of pyridine rings is 1. The van der Waals surface area contributed by atoms with Crippen LogP contribution < -0.4 is 4.74 Å². The van der Waals surface area contributed by atoms with Gasteiger partial charge in [0, 0.05) is 61.6 Å². The van der Waals surface area contributed by atoms with E-state index < -0.39 is 0 Å². The van der Waals surface area contributed by atoms with Crippen molar-refractivity contribution in [2.45, 2.75) is 55.7 Å². The van der Waals surface area contributed by atoms with Crippen LogP contribution in [-0.2, 0) is 34.9 Å². The minimum atomic E-state index is -0.135. The molecular formula is C37H37ClN2O3S2. The standard InChI is InChI=1S/C37H37ClN2O3S2/c1-4-26(37(41)42-3)22-44-23-33-36-35-31(18-24(2)45-36)34(17-16-32(35)40(33)20-25-10-13-29(38)14-11-25)43-21-30-15-12-28(19-39-30)27-8-6-5-7-9-27/h5-17,19,24,26H,4,18,20-23H2,1-3H3/t24?,26-/m1/s1. The molecule has 0 spiro atoms.